The molecule has 0 unspecified atom stereocenters. The minimum absolute atomic E-state index is 0.274. The Morgan fingerprint density at radius 3 is 2.72 bits per heavy atom. The summed E-state index contributed by atoms with van der Waals surface area (Å²) in [6.45, 7) is 3.01. The third kappa shape index (κ3) is 1.92. The normalized spacial score (nSPS) is 19.2. The Morgan fingerprint density at radius 1 is 1.11 bits per heavy atom. The second-order valence-electron chi connectivity index (χ2n) is 4.44. The van der Waals surface area contributed by atoms with E-state index in [9.17, 15) is 0 Å². The van der Waals surface area contributed by atoms with E-state index in [1.807, 2.05) is 13.1 Å². The lowest BCUT2D eigenvalue weighted by Gasteiger charge is -2.25. The molecule has 5 heteroatoms. The Bertz CT molecular complexity index is 528. The van der Waals surface area contributed by atoms with Crippen LogP contribution in [0.15, 0.2) is 31.0 Å². The Hall–Kier alpha value is -2.04. The smallest absolute Gasteiger partial charge is 0.147 e. The molecule has 2 aromatic heterocycles. The first-order valence-electron chi connectivity index (χ1n) is 6.16. The summed E-state index contributed by atoms with van der Waals surface area (Å²) in [6.07, 6.45) is 11.0. The van der Waals surface area contributed by atoms with Crippen LogP contribution in [0.25, 0.3) is 0 Å². The van der Waals surface area contributed by atoms with Gasteiger partial charge < -0.3 is 4.90 Å². The van der Waals surface area contributed by atoms with Crippen molar-refractivity contribution >= 4 is 5.82 Å². The highest BCUT2D eigenvalue weighted by Gasteiger charge is 2.29. The minimum Gasteiger partial charge on any atom is -0.347 e. The van der Waals surface area contributed by atoms with Crippen molar-refractivity contribution in [2.45, 2.75) is 25.8 Å². The maximum atomic E-state index is 4.48. The first kappa shape index (κ1) is 11.1. The lowest BCUT2D eigenvalue weighted by atomic mass is 10.1. The van der Waals surface area contributed by atoms with Gasteiger partial charge in [0.2, 0.25) is 0 Å². The van der Waals surface area contributed by atoms with Gasteiger partial charge in [-0.2, -0.15) is 0 Å². The number of nitrogens with zero attached hydrogens (tertiary/aromatic N) is 5. The van der Waals surface area contributed by atoms with Gasteiger partial charge in [0, 0.05) is 31.3 Å². The zero-order chi connectivity index (χ0) is 12.4. The summed E-state index contributed by atoms with van der Waals surface area (Å²) < 4.78 is 0. The molecule has 1 fully saturated rings. The van der Waals surface area contributed by atoms with Gasteiger partial charge in [-0.1, -0.05) is 0 Å². The second kappa shape index (κ2) is 4.68. The van der Waals surface area contributed by atoms with Gasteiger partial charge in [-0.15, -0.1) is 0 Å². The third-order valence-electron chi connectivity index (χ3n) is 3.33. The van der Waals surface area contributed by atoms with Crippen LogP contribution in [0.3, 0.4) is 0 Å². The summed E-state index contributed by atoms with van der Waals surface area (Å²) in [7, 11) is 0. The molecule has 0 aromatic carbocycles. The molecule has 0 aliphatic carbocycles. The molecule has 0 saturated carbocycles. The lowest BCUT2D eigenvalue weighted by Crippen LogP contribution is -2.25. The molecule has 2 aromatic rings. The fraction of sp³-hybridized carbons (Fsp3) is 0.385. The van der Waals surface area contributed by atoms with E-state index in [0.717, 1.165) is 36.6 Å². The summed E-state index contributed by atoms with van der Waals surface area (Å²) in [6, 6.07) is 0.274. The van der Waals surface area contributed by atoms with Crippen molar-refractivity contribution in [2.75, 3.05) is 11.4 Å². The van der Waals surface area contributed by atoms with E-state index >= 15 is 0 Å². The molecule has 3 rings (SSSR count). The fourth-order valence-electron chi connectivity index (χ4n) is 2.51. The van der Waals surface area contributed by atoms with Crippen LogP contribution in [0.4, 0.5) is 5.82 Å². The largest absolute Gasteiger partial charge is 0.347 e. The van der Waals surface area contributed by atoms with Gasteiger partial charge in [0.05, 0.1) is 23.6 Å². The van der Waals surface area contributed by atoms with Crippen molar-refractivity contribution in [1.82, 2.24) is 19.9 Å². The Balaban J connectivity index is 1.95. The van der Waals surface area contributed by atoms with Gasteiger partial charge in [-0.05, 0) is 19.8 Å². The number of rotatable bonds is 2. The summed E-state index contributed by atoms with van der Waals surface area (Å²) in [5, 5.41) is 0. The van der Waals surface area contributed by atoms with E-state index in [1.54, 1.807) is 24.8 Å². The van der Waals surface area contributed by atoms with Crippen molar-refractivity contribution in [3.8, 4) is 0 Å². The van der Waals surface area contributed by atoms with Crippen LogP contribution in [0.1, 0.15) is 30.3 Å². The van der Waals surface area contributed by atoms with Crippen molar-refractivity contribution in [3.05, 3.63) is 42.4 Å². The van der Waals surface area contributed by atoms with Crippen LogP contribution >= 0.6 is 0 Å². The van der Waals surface area contributed by atoms with Gasteiger partial charge in [0.1, 0.15) is 5.82 Å². The van der Waals surface area contributed by atoms with Crippen LogP contribution in [0.5, 0.6) is 0 Å². The molecule has 0 amide bonds. The summed E-state index contributed by atoms with van der Waals surface area (Å²) in [5.74, 6) is 0.921. The lowest BCUT2D eigenvalue weighted by molar-refractivity contribution is 0.674. The number of aromatic nitrogens is 4. The van der Waals surface area contributed by atoms with E-state index in [0.29, 0.717) is 0 Å². The number of hydrogen-bond acceptors (Lipinski definition) is 5. The average Bonchev–Trinajstić information content (AvgIpc) is 2.89. The first-order valence-corrected chi connectivity index (χ1v) is 6.16. The summed E-state index contributed by atoms with van der Waals surface area (Å²) >= 11 is 0. The molecule has 92 valence electrons. The summed E-state index contributed by atoms with van der Waals surface area (Å²) in [4.78, 5) is 19.6. The highest BCUT2D eigenvalue weighted by molar-refractivity contribution is 5.41. The van der Waals surface area contributed by atoms with E-state index < -0.39 is 0 Å². The predicted molar refractivity (Wildman–Crippen MR) is 68.1 cm³/mol. The molecule has 18 heavy (non-hydrogen) atoms. The van der Waals surface area contributed by atoms with Crippen molar-refractivity contribution < 1.29 is 0 Å². The molecule has 1 atom stereocenters. The Morgan fingerprint density at radius 2 is 1.94 bits per heavy atom. The van der Waals surface area contributed by atoms with E-state index in [1.165, 1.54) is 0 Å². The average molecular weight is 241 g/mol. The van der Waals surface area contributed by atoms with Crippen molar-refractivity contribution in [2.24, 2.45) is 0 Å². The SMILES string of the molecule is Cc1nccnc1[C@@H]1CCCN1c1cnccn1. The number of hydrogen-bond donors (Lipinski definition) is 0. The third-order valence-corrected chi connectivity index (χ3v) is 3.33. The zero-order valence-electron chi connectivity index (χ0n) is 10.3. The maximum Gasteiger partial charge on any atom is 0.147 e. The monoisotopic (exact) mass is 241 g/mol. The Labute approximate surface area is 106 Å². The van der Waals surface area contributed by atoms with Crippen LogP contribution in [0, 0.1) is 6.92 Å². The van der Waals surface area contributed by atoms with E-state index in [-0.39, 0.29) is 6.04 Å². The van der Waals surface area contributed by atoms with Gasteiger partial charge in [-0.25, -0.2) is 4.98 Å². The van der Waals surface area contributed by atoms with Crippen molar-refractivity contribution in [3.63, 3.8) is 0 Å². The van der Waals surface area contributed by atoms with Crippen LogP contribution in [-0.4, -0.2) is 26.5 Å². The molecule has 5 nitrogen and oxygen atoms in total. The van der Waals surface area contributed by atoms with Crippen LogP contribution in [-0.2, 0) is 0 Å². The van der Waals surface area contributed by atoms with Crippen molar-refractivity contribution in [1.29, 1.82) is 0 Å². The van der Waals surface area contributed by atoms with Gasteiger partial charge in [-0.3, -0.25) is 15.0 Å². The molecule has 3 heterocycles. The highest BCUT2D eigenvalue weighted by atomic mass is 15.2. The highest BCUT2D eigenvalue weighted by Crippen LogP contribution is 2.34. The number of anilines is 1. The van der Waals surface area contributed by atoms with Gasteiger partial charge >= 0.3 is 0 Å². The number of aryl methyl sites for hydroxylation is 1. The minimum atomic E-state index is 0.274. The standard InChI is InChI=1S/C13H15N5/c1-10-13(17-7-6-15-10)11-3-2-8-18(11)12-9-14-4-5-16-12/h4-7,9,11H,2-3,8H2,1H3/t11-/m0/s1. The molecule has 0 spiro atoms. The fourth-order valence-corrected chi connectivity index (χ4v) is 2.51. The van der Waals surface area contributed by atoms with E-state index in [4.69, 9.17) is 0 Å². The predicted octanol–water partition coefficient (Wildman–Crippen LogP) is 1.92. The molecule has 1 saturated heterocycles. The maximum absolute atomic E-state index is 4.48. The topological polar surface area (TPSA) is 54.8 Å². The first-order chi connectivity index (χ1) is 8.86. The van der Waals surface area contributed by atoms with Crippen LogP contribution < -0.4 is 4.90 Å². The Kier molecular flexibility index (Phi) is 2.88. The quantitative estimate of drug-likeness (QED) is 0.804. The molecular formula is C13H15N5. The summed E-state index contributed by atoms with van der Waals surface area (Å²) in [5.41, 5.74) is 2.05. The molecule has 0 bridgehead atoms. The van der Waals surface area contributed by atoms with E-state index in [2.05, 4.69) is 24.8 Å². The molecule has 0 radical (unpaired) electrons. The molecule has 1 aliphatic heterocycles. The second-order valence-corrected chi connectivity index (χ2v) is 4.44. The molecule has 0 N–H and O–H groups in total. The molecular weight excluding hydrogens is 226 g/mol. The van der Waals surface area contributed by atoms with Gasteiger partial charge in [0.15, 0.2) is 0 Å². The van der Waals surface area contributed by atoms with Gasteiger partial charge in [0.25, 0.3) is 0 Å². The zero-order valence-corrected chi connectivity index (χ0v) is 10.3. The molecule has 1 aliphatic rings. The van der Waals surface area contributed by atoms with Crippen LogP contribution in [0.2, 0.25) is 0 Å².